The van der Waals surface area contributed by atoms with Gasteiger partial charge in [-0.25, -0.2) is 0 Å². The second kappa shape index (κ2) is 3.48. The standard InChI is InChI=1S/C11H13IO/c1-7-10(13-2)6-5-9(11(7)12)8-3-4-8/h5-6,8H,3-4H2,1-2H3. The Morgan fingerprint density at radius 1 is 1.38 bits per heavy atom. The Morgan fingerprint density at radius 3 is 2.62 bits per heavy atom. The topological polar surface area (TPSA) is 9.23 Å². The van der Waals surface area contributed by atoms with E-state index in [4.69, 9.17) is 4.74 Å². The normalized spacial score (nSPS) is 15.9. The van der Waals surface area contributed by atoms with Crippen LogP contribution in [0.1, 0.15) is 29.9 Å². The van der Waals surface area contributed by atoms with Gasteiger partial charge >= 0.3 is 0 Å². The largest absolute Gasteiger partial charge is 0.496 e. The van der Waals surface area contributed by atoms with Crippen molar-refractivity contribution in [1.29, 1.82) is 0 Å². The molecule has 1 aromatic carbocycles. The molecule has 0 unspecified atom stereocenters. The first-order chi connectivity index (χ1) is 6.24. The molecule has 0 aromatic heterocycles. The van der Waals surface area contributed by atoms with Gasteiger partial charge in [0.05, 0.1) is 7.11 Å². The predicted molar refractivity (Wildman–Crippen MR) is 62.4 cm³/mol. The summed E-state index contributed by atoms with van der Waals surface area (Å²) in [5.74, 6) is 1.84. The third-order valence-electron chi connectivity index (χ3n) is 2.60. The molecule has 0 spiro atoms. The fourth-order valence-corrected chi connectivity index (χ4v) is 2.51. The minimum absolute atomic E-state index is 0.830. The van der Waals surface area contributed by atoms with Crippen molar-refractivity contribution in [1.82, 2.24) is 0 Å². The van der Waals surface area contributed by atoms with Crippen molar-refractivity contribution in [3.05, 3.63) is 26.8 Å². The molecule has 0 aliphatic heterocycles. The highest BCUT2D eigenvalue weighted by atomic mass is 127. The van der Waals surface area contributed by atoms with E-state index in [2.05, 4.69) is 41.6 Å². The lowest BCUT2D eigenvalue weighted by Gasteiger charge is -2.10. The molecule has 0 heterocycles. The van der Waals surface area contributed by atoms with Gasteiger partial charge < -0.3 is 4.74 Å². The summed E-state index contributed by atoms with van der Waals surface area (Å²) in [4.78, 5) is 0. The van der Waals surface area contributed by atoms with Crippen LogP contribution in [0, 0.1) is 10.5 Å². The van der Waals surface area contributed by atoms with Gasteiger partial charge in [0.15, 0.2) is 0 Å². The quantitative estimate of drug-likeness (QED) is 0.757. The molecule has 13 heavy (non-hydrogen) atoms. The van der Waals surface area contributed by atoms with Crippen LogP contribution >= 0.6 is 22.6 Å². The predicted octanol–water partition coefficient (Wildman–Crippen LogP) is 3.49. The van der Waals surface area contributed by atoms with E-state index in [1.165, 1.54) is 27.5 Å². The number of benzene rings is 1. The fraction of sp³-hybridized carbons (Fsp3) is 0.455. The van der Waals surface area contributed by atoms with Crippen molar-refractivity contribution in [3.63, 3.8) is 0 Å². The van der Waals surface area contributed by atoms with Gasteiger partial charge in [-0.15, -0.1) is 0 Å². The number of rotatable bonds is 2. The number of halogens is 1. The maximum Gasteiger partial charge on any atom is 0.122 e. The van der Waals surface area contributed by atoms with E-state index in [0.29, 0.717) is 0 Å². The van der Waals surface area contributed by atoms with Crippen LogP contribution in [-0.4, -0.2) is 7.11 Å². The van der Waals surface area contributed by atoms with Gasteiger partial charge in [0.2, 0.25) is 0 Å². The zero-order valence-electron chi connectivity index (χ0n) is 7.93. The zero-order valence-corrected chi connectivity index (χ0v) is 10.1. The average Bonchev–Trinajstić information content (AvgIpc) is 2.93. The van der Waals surface area contributed by atoms with Gasteiger partial charge in [0.1, 0.15) is 5.75 Å². The Bertz CT molecular complexity index is 329. The van der Waals surface area contributed by atoms with Crippen LogP contribution in [0.2, 0.25) is 0 Å². The van der Waals surface area contributed by atoms with Gasteiger partial charge in [-0.05, 0) is 59.9 Å². The summed E-state index contributed by atoms with van der Waals surface area (Å²) in [5, 5.41) is 0. The molecule has 1 nitrogen and oxygen atoms in total. The van der Waals surface area contributed by atoms with Crippen molar-refractivity contribution >= 4 is 22.6 Å². The van der Waals surface area contributed by atoms with Gasteiger partial charge in [-0.3, -0.25) is 0 Å². The molecule has 1 aromatic rings. The number of ether oxygens (including phenoxy) is 1. The van der Waals surface area contributed by atoms with Gasteiger partial charge in [0, 0.05) is 9.13 Å². The minimum Gasteiger partial charge on any atom is -0.496 e. The van der Waals surface area contributed by atoms with Crippen molar-refractivity contribution in [2.45, 2.75) is 25.7 Å². The molecule has 0 N–H and O–H groups in total. The van der Waals surface area contributed by atoms with Crippen LogP contribution in [0.5, 0.6) is 5.75 Å². The van der Waals surface area contributed by atoms with Crippen LogP contribution in [0.3, 0.4) is 0 Å². The lowest BCUT2D eigenvalue weighted by Crippen LogP contribution is -1.94. The average molecular weight is 288 g/mol. The van der Waals surface area contributed by atoms with Gasteiger partial charge in [-0.1, -0.05) is 6.07 Å². The van der Waals surface area contributed by atoms with E-state index in [-0.39, 0.29) is 0 Å². The second-order valence-corrected chi connectivity index (χ2v) is 4.65. The first-order valence-electron chi connectivity index (χ1n) is 4.57. The number of methoxy groups -OCH3 is 1. The third-order valence-corrected chi connectivity index (χ3v) is 4.04. The van der Waals surface area contributed by atoms with E-state index >= 15 is 0 Å². The molecule has 0 saturated heterocycles. The Kier molecular flexibility index (Phi) is 2.49. The highest BCUT2D eigenvalue weighted by Crippen LogP contribution is 2.43. The molecule has 0 atom stereocenters. The molecule has 0 radical (unpaired) electrons. The smallest absolute Gasteiger partial charge is 0.122 e. The molecule has 1 saturated carbocycles. The van der Waals surface area contributed by atoms with Crippen molar-refractivity contribution < 1.29 is 4.74 Å². The van der Waals surface area contributed by atoms with E-state index in [9.17, 15) is 0 Å². The maximum absolute atomic E-state index is 5.28. The van der Waals surface area contributed by atoms with Gasteiger partial charge in [0.25, 0.3) is 0 Å². The Balaban J connectivity index is 2.44. The summed E-state index contributed by atoms with van der Waals surface area (Å²) in [6, 6.07) is 4.30. The summed E-state index contributed by atoms with van der Waals surface area (Å²) in [6.07, 6.45) is 2.73. The summed E-state index contributed by atoms with van der Waals surface area (Å²) in [6.45, 7) is 2.13. The molecule has 2 heteroatoms. The highest BCUT2D eigenvalue weighted by molar-refractivity contribution is 14.1. The lowest BCUT2D eigenvalue weighted by molar-refractivity contribution is 0.411. The van der Waals surface area contributed by atoms with Gasteiger partial charge in [-0.2, -0.15) is 0 Å². The number of hydrogen-bond donors (Lipinski definition) is 0. The Labute approximate surface area is 92.6 Å². The molecule has 1 aliphatic rings. The Hall–Kier alpha value is -0.250. The van der Waals surface area contributed by atoms with E-state index in [0.717, 1.165) is 11.7 Å². The number of hydrogen-bond acceptors (Lipinski definition) is 1. The molecular weight excluding hydrogens is 275 g/mol. The molecule has 0 bridgehead atoms. The van der Waals surface area contributed by atoms with E-state index in [1.807, 2.05) is 0 Å². The Morgan fingerprint density at radius 2 is 2.08 bits per heavy atom. The van der Waals surface area contributed by atoms with E-state index < -0.39 is 0 Å². The highest BCUT2D eigenvalue weighted by Gasteiger charge is 2.26. The SMILES string of the molecule is COc1ccc(C2CC2)c(I)c1C. The zero-order chi connectivity index (χ0) is 9.42. The van der Waals surface area contributed by atoms with Crippen LogP contribution in [-0.2, 0) is 0 Å². The summed E-state index contributed by atoms with van der Waals surface area (Å²) >= 11 is 2.43. The maximum atomic E-state index is 5.28. The molecule has 70 valence electrons. The molecule has 2 rings (SSSR count). The minimum atomic E-state index is 0.830. The van der Waals surface area contributed by atoms with Crippen LogP contribution in [0.4, 0.5) is 0 Å². The lowest BCUT2D eigenvalue weighted by atomic mass is 10.1. The monoisotopic (exact) mass is 288 g/mol. The first-order valence-corrected chi connectivity index (χ1v) is 5.65. The van der Waals surface area contributed by atoms with Crippen molar-refractivity contribution in [2.75, 3.05) is 7.11 Å². The second-order valence-electron chi connectivity index (χ2n) is 3.57. The van der Waals surface area contributed by atoms with Crippen LogP contribution in [0.15, 0.2) is 12.1 Å². The van der Waals surface area contributed by atoms with Crippen LogP contribution < -0.4 is 4.74 Å². The molecule has 0 amide bonds. The summed E-state index contributed by atoms with van der Waals surface area (Å²) in [7, 11) is 1.73. The summed E-state index contributed by atoms with van der Waals surface area (Å²) < 4.78 is 6.66. The fourth-order valence-electron chi connectivity index (χ4n) is 1.62. The first kappa shape index (κ1) is 9.31. The third kappa shape index (κ3) is 1.68. The molecular formula is C11H13IO. The van der Waals surface area contributed by atoms with E-state index in [1.54, 1.807) is 7.11 Å². The van der Waals surface area contributed by atoms with Crippen LogP contribution in [0.25, 0.3) is 0 Å². The molecule has 1 aliphatic carbocycles. The summed E-state index contributed by atoms with van der Waals surface area (Å²) in [5.41, 5.74) is 2.80. The van der Waals surface area contributed by atoms with Crippen molar-refractivity contribution in [2.24, 2.45) is 0 Å². The van der Waals surface area contributed by atoms with Crippen molar-refractivity contribution in [3.8, 4) is 5.75 Å². The molecule has 1 fully saturated rings.